The molecular weight excluding hydrogens is 304 g/mol. The summed E-state index contributed by atoms with van der Waals surface area (Å²) in [5.41, 5.74) is -1.00. The molecule has 7 nitrogen and oxygen atoms in total. The Morgan fingerprint density at radius 2 is 1.65 bits per heavy atom. The molecule has 128 valence electrons. The van der Waals surface area contributed by atoms with Crippen molar-refractivity contribution >= 4 is 11.8 Å². The molecule has 1 atom stereocenters. The summed E-state index contributed by atoms with van der Waals surface area (Å²) < 4.78 is 26.9. The van der Waals surface area contributed by atoms with Gasteiger partial charge in [0, 0.05) is 12.5 Å². The van der Waals surface area contributed by atoms with Crippen molar-refractivity contribution < 1.29 is 33.3 Å². The van der Waals surface area contributed by atoms with E-state index in [1.807, 2.05) is 0 Å². The van der Waals surface area contributed by atoms with E-state index in [0.717, 1.165) is 0 Å². The first kappa shape index (κ1) is 17.8. The lowest BCUT2D eigenvalue weighted by Crippen LogP contribution is -2.48. The number of allylic oxidation sites excluding steroid dienone is 2. The van der Waals surface area contributed by atoms with Crippen molar-refractivity contribution in [3.05, 3.63) is 23.8 Å². The number of ether oxygens (including phenoxy) is 5. The second-order valence-corrected chi connectivity index (χ2v) is 5.19. The van der Waals surface area contributed by atoms with Crippen LogP contribution >= 0.6 is 0 Å². The van der Waals surface area contributed by atoms with E-state index in [9.17, 15) is 9.59 Å². The van der Waals surface area contributed by atoms with Crippen LogP contribution in [0.25, 0.3) is 0 Å². The van der Waals surface area contributed by atoms with Gasteiger partial charge in [-0.3, -0.25) is 9.59 Å². The van der Waals surface area contributed by atoms with Gasteiger partial charge in [-0.05, 0) is 6.08 Å². The predicted octanol–water partition coefficient (Wildman–Crippen LogP) is 0.434. The molecule has 0 aromatic heterocycles. The van der Waals surface area contributed by atoms with E-state index < -0.39 is 11.6 Å². The molecule has 0 aromatic carbocycles. The molecule has 0 saturated carbocycles. The quantitative estimate of drug-likeness (QED) is 0.647. The number of rotatable bonds is 1. The van der Waals surface area contributed by atoms with E-state index in [4.69, 9.17) is 23.7 Å². The fraction of sp³-hybridized carbons (Fsp3) is 0.625. The SMILES string of the molecule is CC(=O)OC12C=CC=C(COCCOCCOCCOC1)C2=O. The van der Waals surface area contributed by atoms with Crippen molar-refractivity contribution in [2.24, 2.45) is 0 Å². The van der Waals surface area contributed by atoms with Crippen molar-refractivity contribution in [2.75, 3.05) is 52.9 Å². The summed E-state index contributed by atoms with van der Waals surface area (Å²) in [6.45, 7) is 3.73. The molecule has 23 heavy (non-hydrogen) atoms. The standard InChI is InChI=1S/C16H22O7/c1-13(17)23-16-4-2-3-14(15(16)18)11-21-9-7-19-5-6-20-8-10-22-12-16/h2-4H,5-12H2,1H3. The first-order valence-electron chi connectivity index (χ1n) is 7.58. The highest BCUT2D eigenvalue weighted by Crippen LogP contribution is 2.25. The summed E-state index contributed by atoms with van der Waals surface area (Å²) >= 11 is 0. The summed E-state index contributed by atoms with van der Waals surface area (Å²) in [6.07, 6.45) is 4.88. The molecule has 1 saturated heterocycles. The number of hydrogen-bond donors (Lipinski definition) is 0. The van der Waals surface area contributed by atoms with Crippen molar-refractivity contribution in [2.45, 2.75) is 12.5 Å². The molecule has 0 N–H and O–H groups in total. The molecular formula is C16H22O7. The third kappa shape index (κ3) is 5.24. The number of ketones is 1. The molecule has 7 heteroatoms. The largest absolute Gasteiger partial charge is 0.444 e. The van der Waals surface area contributed by atoms with Crippen molar-refractivity contribution in [1.29, 1.82) is 0 Å². The second kappa shape index (κ2) is 8.93. The highest BCUT2D eigenvalue weighted by atomic mass is 16.6. The molecule has 0 spiro atoms. The Balaban J connectivity index is 2.10. The van der Waals surface area contributed by atoms with Gasteiger partial charge < -0.3 is 23.7 Å². The van der Waals surface area contributed by atoms with E-state index in [-0.39, 0.29) is 19.0 Å². The summed E-state index contributed by atoms with van der Waals surface area (Å²) in [6, 6.07) is 0. The first-order chi connectivity index (χ1) is 11.1. The normalized spacial score (nSPS) is 27.5. The summed E-state index contributed by atoms with van der Waals surface area (Å²) in [7, 11) is 0. The monoisotopic (exact) mass is 326 g/mol. The van der Waals surface area contributed by atoms with Crippen LogP contribution in [0.3, 0.4) is 0 Å². The average Bonchev–Trinajstić information content (AvgIpc) is 2.51. The van der Waals surface area contributed by atoms with E-state index in [0.29, 0.717) is 45.2 Å². The van der Waals surface area contributed by atoms with Gasteiger partial charge in [0.15, 0.2) is 0 Å². The molecule has 1 fully saturated rings. The number of esters is 1. The molecule has 1 heterocycles. The minimum Gasteiger partial charge on any atom is -0.444 e. The Bertz CT molecular complexity index is 483. The van der Waals surface area contributed by atoms with Crippen LogP contribution in [0.1, 0.15) is 6.92 Å². The molecule has 2 bridgehead atoms. The van der Waals surface area contributed by atoms with Gasteiger partial charge in [0.2, 0.25) is 11.4 Å². The van der Waals surface area contributed by atoms with Crippen LogP contribution in [0, 0.1) is 0 Å². The fourth-order valence-corrected chi connectivity index (χ4v) is 2.30. The fourth-order valence-electron chi connectivity index (χ4n) is 2.30. The molecule has 2 rings (SSSR count). The van der Waals surface area contributed by atoms with Crippen LogP contribution in [0.4, 0.5) is 0 Å². The minimum atomic E-state index is -1.43. The number of Topliss-reactive ketones (excluding diaryl/α,β-unsaturated/α-hetero) is 1. The second-order valence-electron chi connectivity index (χ2n) is 5.19. The Labute approximate surface area is 135 Å². The molecule has 1 aliphatic heterocycles. The zero-order chi connectivity index (χ0) is 16.5. The summed E-state index contributed by atoms with van der Waals surface area (Å²) in [5, 5.41) is 0. The lowest BCUT2D eigenvalue weighted by atomic mass is 9.88. The highest BCUT2D eigenvalue weighted by Gasteiger charge is 2.42. The van der Waals surface area contributed by atoms with Gasteiger partial charge >= 0.3 is 5.97 Å². The number of fused-ring (bicyclic) bond motifs is 2. The van der Waals surface area contributed by atoms with E-state index in [1.54, 1.807) is 18.2 Å². The van der Waals surface area contributed by atoms with Crippen LogP contribution in [-0.2, 0) is 33.3 Å². The molecule has 1 unspecified atom stereocenters. The lowest BCUT2D eigenvalue weighted by Gasteiger charge is -2.31. The Morgan fingerprint density at radius 3 is 2.30 bits per heavy atom. The lowest BCUT2D eigenvalue weighted by molar-refractivity contribution is -0.165. The Hall–Kier alpha value is -1.54. The Morgan fingerprint density at radius 1 is 1.04 bits per heavy atom. The topological polar surface area (TPSA) is 80.3 Å². The van der Waals surface area contributed by atoms with Gasteiger partial charge in [-0.2, -0.15) is 0 Å². The third-order valence-corrected chi connectivity index (χ3v) is 3.35. The molecule has 0 radical (unpaired) electrons. The van der Waals surface area contributed by atoms with Crippen molar-refractivity contribution in [3.63, 3.8) is 0 Å². The van der Waals surface area contributed by atoms with Gasteiger partial charge in [-0.1, -0.05) is 12.2 Å². The van der Waals surface area contributed by atoms with Crippen molar-refractivity contribution in [1.82, 2.24) is 0 Å². The van der Waals surface area contributed by atoms with Crippen LogP contribution in [0.2, 0.25) is 0 Å². The summed E-state index contributed by atoms with van der Waals surface area (Å²) in [5.74, 6) is -0.872. The van der Waals surface area contributed by atoms with E-state index in [2.05, 4.69) is 0 Å². The van der Waals surface area contributed by atoms with Crippen molar-refractivity contribution in [3.8, 4) is 0 Å². The molecule has 0 aromatic rings. The smallest absolute Gasteiger partial charge is 0.304 e. The first-order valence-corrected chi connectivity index (χ1v) is 7.58. The molecule has 0 amide bonds. The molecule has 2 aliphatic rings. The molecule has 1 aliphatic carbocycles. The van der Waals surface area contributed by atoms with Gasteiger partial charge in [0.1, 0.15) is 0 Å². The van der Waals surface area contributed by atoms with Crippen LogP contribution in [0.5, 0.6) is 0 Å². The maximum atomic E-state index is 12.7. The highest BCUT2D eigenvalue weighted by molar-refractivity contribution is 6.06. The zero-order valence-corrected chi connectivity index (χ0v) is 13.2. The van der Waals surface area contributed by atoms with Crippen LogP contribution in [0.15, 0.2) is 23.8 Å². The zero-order valence-electron chi connectivity index (χ0n) is 13.2. The van der Waals surface area contributed by atoms with Crippen LogP contribution < -0.4 is 0 Å². The maximum absolute atomic E-state index is 12.7. The van der Waals surface area contributed by atoms with E-state index >= 15 is 0 Å². The van der Waals surface area contributed by atoms with Crippen LogP contribution in [-0.4, -0.2) is 70.2 Å². The number of carbonyl (C=O) groups excluding carboxylic acids is 2. The Kier molecular flexibility index (Phi) is 6.91. The summed E-state index contributed by atoms with van der Waals surface area (Å²) in [4.78, 5) is 24.1. The predicted molar refractivity (Wildman–Crippen MR) is 80.0 cm³/mol. The van der Waals surface area contributed by atoms with Gasteiger partial charge in [0.05, 0.1) is 52.9 Å². The number of hydrogen-bond acceptors (Lipinski definition) is 7. The van der Waals surface area contributed by atoms with Gasteiger partial charge in [0.25, 0.3) is 0 Å². The third-order valence-electron chi connectivity index (χ3n) is 3.35. The minimum absolute atomic E-state index is 0.0564. The van der Waals surface area contributed by atoms with E-state index in [1.165, 1.54) is 6.92 Å². The maximum Gasteiger partial charge on any atom is 0.304 e. The number of carbonyl (C=O) groups is 2. The van der Waals surface area contributed by atoms with Gasteiger partial charge in [-0.25, -0.2) is 0 Å². The van der Waals surface area contributed by atoms with Gasteiger partial charge in [-0.15, -0.1) is 0 Å². The average molecular weight is 326 g/mol.